The van der Waals surface area contributed by atoms with Crippen molar-refractivity contribution in [2.75, 3.05) is 0 Å². The maximum Gasteiger partial charge on any atom is 0.223 e. The number of nitrogens with two attached hydrogens (primary N) is 1. The fourth-order valence-electron chi connectivity index (χ4n) is 2.19. The van der Waals surface area contributed by atoms with Crippen molar-refractivity contribution in [3.63, 3.8) is 0 Å². The molecule has 1 heterocycles. The normalized spacial score (nSPS) is 17.4. The second-order valence-electron chi connectivity index (χ2n) is 4.45. The van der Waals surface area contributed by atoms with Gasteiger partial charge in [-0.25, -0.2) is 4.98 Å². The van der Waals surface area contributed by atoms with Crippen LogP contribution < -0.4 is 10.5 Å². The van der Waals surface area contributed by atoms with Crippen LogP contribution in [0.5, 0.6) is 5.88 Å². The monoisotopic (exact) mass is 250 g/mol. The van der Waals surface area contributed by atoms with Crippen molar-refractivity contribution >= 4 is 17.2 Å². The van der Waals surface area contributed by atoms with Gasteiger partial charge in [0.25, 0.3) is 0 Å². The number of pyridine rings is 1. The summed E-state index contributed by atoms with van der Waals surface area (Å²) in [6.45, 7) is 0. The van der Waals surface area contributed by atoms with Crippen LogP contribution in [0.2, 0.25) is 0 Å². The second-order valence-corrected chi connectivity index (χ2v) is 4.89. The van der Waals surface area contributed by atoms with Gasteiger partial charge in [0, 0.05) is 6.20 Å². The van der Waals surface area contributed by atoms with Gasteiger partial charge in [-0.2, -0.15) is 0 Å². The highest BCUT2D eigenvalue weighted by molar-refractivity contribution is 7.80. The summed E-state index contributed by atoms with van der Waals surface area (Å²) >= 11 is 5.00. The molecule has 0 bridgehead atoms. The van der Waals surface area contributed by atoms with Gasteiger partial charge in [-0.05, 0) is 37.8 Å². The minimum absolute atomic E-state index is 0.264. The van der Waals surface area contributed by atoms with Crippen LogP contribution in [0.25, 0.3) is 0 Å². The Hall–Kier alpha value is -1.16. The van der Waals surface area contributed by atoms with Crippen LogP contribution in [0, 0.1) is 0 Å². The van der Waals surface area contributed by atoms with Gasteiger partial charge in [-0.15, -0.1) is 0 Å². The van der Waals surface area contributed by atoms with Crippen molar-refractivity contribution in [2.24, 2.45) is 5.73 Å². The summed E-state index contributed by atoms with van der Waals surface area (Å²) < 4.78 is 5.95. The average Bonchev–Trinajstić information content (AvgIpc) is 2.58. The fourth-order valence-corrected chi connectivity index (χ4v) is 2.35. The van der Waals surface area contributed by atoms with Crippen molar-refractivity contribution in [2.45, 2.75) is 44.6 Å². The lowest BCUT2D eigenvalue weighted by atomic mass is 10.1. The van der Waals surface area contributed by atoms with Gasteiger partial charge in [0.1, 0.15) is 11.1 Å². The predicted molar refractivity (Wildman–Crippen MR) is 72.2 cm³/mol. The van der Waals surface area contributed by atoms with Gasteiger partial charge >= 0.3 is 0 Å². The third-order valence-corrected chi connectivity index (χ3v) is 3.34. The maximum absolute atomic E-state index is 5.95. The zero-order chi connectivity index (χ0) is 12.1. The third-order valence-electron chi connectivity index (χ3n) is 3.12. The molecule has 0 aliphatic heterocycles. The van der Waals surface area contributed by atoms with Crippen LogP contribution in [-0.4, -0.2) is 16.1 Å². The summed E-state index contributed by atoms with van der Waals surface area (Å²) in [4.78, 5) is 4.58. The van der Waals surface area contributed by atoms with E-state index in [1.165, 1.54) is 25.7 Å². The molecule has 17 heavy (non-hydrogen) atoms. The van der Waals surface area contributed by atoms with E-state index in [9.17, 15) is 0 Å². The lowest BCUT2D eigenvalue weighted by Gasteiger charge is -2.17. The molecule has 0 radical (unpaired) electrons. The first-order valence-corrected chi connectivity index (χ1v) is 6.59. The Kier molecular flexibility index (Phi) is 4.31. The first kappa shape index (κ1) is 12.3. The van der Waals surface area contributed by atoms with Gasteiger partial charge in [-0.1, -0.05) is 25.1 Å². The van der Waals surface area contributed by atoms with Crippen molar-refractivity contribution < 1.29 is 4.74 Å². The molecule has 1 aliphatic carbocycles. The van der Waals surface area contributed by atoms with Crippen molar-refractivity contribution in [1.82, 2.24) is 4.98 Å². The molecule has 92 valence electrons. The van der Waals surface area contributed by atoms with E-state index >= 15 is 0 Å². The lowest BCUT2D eigenvalue weighted by molar-refractivity contribution is 0.176. The summed E-state index contributed by atoms with van der Waals surface area (Å²) in [6.07, 6.45) is 9.28. The molecule has 0 aromatic carbocycles. The Labute approximate surface area is 107 Å². The first-order valence-electron chi connectivity index (χ1n) is 6.19. The smallest absolute Gasteiger partial charge is 0.223 e. The van der Waals surface area contributed by atoms with Crippen molar-refractivity contribution in [3.05, 3.63) is 23.9 Å². The number of thiocarbonyl (C=S) groups is 1. The summed E-state index contributed by atoms with van der Waals surface area (Å²) in [6, 6.07) is 3.69. The second kappa shape index (κ2) is 5.96. The number of aromatic nitrogens is 1. The summed E-state index contributed by atoms with van der Waals surface area (Å²) in [7, 11) is 0. The molecule has 1 aromatic heterocycles. The van der Waals surface area contributed by atoms with E-state index in [2.05, 4.69) is 4.98 Å². The van der Waals surface area contributed by atoms with E-state index in [0.717, 1.165) is 18.4 Å². The van der Waals surface area contributed by atoms with Crippen LogP contribution in [0.15, 0.2) is 18.3 Å². The van der Waals surface area contributed by atoms with Gasteiger partial charge in [-0.3, -0.25) is 0 Å². The van der Waals surface area contributed by atoms with Crippen LogP contribution in [0.4, 0.5) is 0 Å². The van der Waals surface area contributed by atoms with Crippen LogP contribution in [0.3, 0.4) is 0 Å². The Morgan fingerprint density at radius 2 is 2.00 bits per heavy atom. The highest BCUT2D eigenvalue weighted by atomic mass is 32.1. The minimum Gasteiger partial charge on any atom is -0.474 e. The lowest BCUT2D eigenvalue weighted by Crippen LogP contribution is -2.19. The largest absolute Gasteiger partial charge is 0.474 e. The number of nitrogens with zero attached hydrogens (tertiary/aromatic N) is 1. The van der Waals surface area contributed by atoms with Gasteiger partial charge in [0.15, 0.2) is 0 Å². The van der Waals surface area contributed by atoms with Crippen LogP contribution >= 0.6 is 12.2 Å². The standard InChI is InChI=1S/C13H18N2OS/c14-12(17)11-8-5-9-15-13(11)16-10-6-3-1-2-4-7-10/h5,8-10H,1-4,6-7H2,(H2,14,17). The molecule has 1 aromatic rings. The number of hydrogen-bond acceptors (Lipinski definition) is 3. The van der Waals surface area contributed by atoms with E-state index in [1.54, 1.807) is 6.20 Å². The molecular weight excluding hydrogens is 232 g/mol. The van der Waals surface area contributed by atoms with Crippen LogP contribution in [0.1, 0.15) is 44.1 Å². The molecule has 3 nitrogen and oxygen atoms in total. The molecule has 1 saturated carbocycles. The van der Waals surface area contributed by atoms with E-state index in [4.69, 9.17) is 22.7 Å². The third kappa shape index (κ3) is 3.40. The van der Waals surface area contributed by atoms with Gasteiger partial charge in [0.2, 0.25) is 5.88 Å². The van der Waals surface area contributed by atoms with E-state index in [-0.39, 0.29) is 6.10 Å². The highest BCUT2D eigenvalue weighted by Crippen LogP contribution is 2.23. The van der Waals surface area contributed by atoms with Crippen LogP contribution in [-0.2, 0) is 0 Å². The summed E-state index contributed by atoms with van der Waals surface area (Å²) in [5.74, 6) is 0.590. The topological polar surface area (TPSA) is 48.1 Å². The number of hydrogen-bond donors (Lipinski definition) is 1. The molecule has 1 aliphatic rings. The predicted octanol–water partition coefficient (Wildman–Crippen LogP) is 2.82. The zero-order valence-corrected chi connectivity index (χ0v) is 10.7. The summed E-state index contributed by atoms with van der Waals surface area (Å²) in [5, 5.41) is 0. The molecule has 0 spiro atoms. The van der Waals surface area contributed by atoms with E-state index in [0.29, 0.717) is 10.9 Å². The zero-order valence-electron chi connectivity index (χ0n) is 9.89. The van der Waals surface area contributed by atoms with Crippen molar-refractivity contribution in [3.8, 4) is 5.88 Å². The quantitative estimate of drug-likeness (QED) is 0.662. The molecule has 2 N–H and O–H groups in total. The maximum atomic E-state index is 5.95. The molecule has 0 saturated heterocycles. The molecule has 0 amide bonds. The number of ether oxygens (including phenoxy) is 1. The molecule has 0 unspecified atom stereocenters. The molecule has 0 atom stereocenters. The Bertz CT molecular complexity index is 387. The van der Waals surface area contributed by atoms with Crippen molar-refractivity contribution in [1.29, 1.82) is 0 Å². The molecule has 1 fully saturated rings. The van der Waals surface area contributed by atoms with E-state index in [1.807, 2.05) is 12.1 Å². The molecular formula is C13H18N2OS. The highest BCUT2D eigenvalue weighted by Gasteiger charge is 2.16. The number of rotatable bonds is 3. The minimum atomic E-state index is 0.264. The average molecular weight is 250 g/mol. The molecule has 4 heteroatoms. The Morgan fingerprint density at radius 3 is 2.65 bits per heavy atom. The fraction of sp³-hybridized carbons (Fsp3) is 0.538. The Balaban J connectivity index is 2.09. The SMILES string of the molecule is NC(=S)c1cccnc1OC1CCCCCC1. The van der Waals surface area contributed by atoms with Gasteiger partial charge in [0.05, 0.1) is 5.56 Å². The Morgan fingerprint density at radius 1 is 1.29 bits per heavy atom. The summed E-state index contributed by atoms with van der Waals surface area (Å²) in [5.41, 5.74) is 6.40. The first-order chi connectivity index (χ1) is 8.27. The van der Waals surface area contributed by atoms with Gasteiger partial charge < -0.3 is 10.5 Å². The van der Waals surface area contributed by atoms with E-state index < -0.39 is 0 Å². The molecule has 2 rings (SSSR count).